The molecule has 1 heterocycles. The zero-order valence-corrected chi connectivity index (χ0v) is 14.4. The van der Waals surface area contributed by atoms with Crippen molar-refractivity contribution in [2.24, 2.45) is 0 Å². The summed E-state index contributed by atoms with van der Waals surface area (Å²) in [5.41, 5.74) is 3.73. The summed E-state index contributed by atoms with van der Waals surface area (Å²) in [5, 5.41) is -0.522. The molecule has 118 valence electrons. The van der Waals surface area contributed by atoms with Crippen LogP contribution in [0.2, 0.25) is 0 Å². The first-order valence-electron chi connectivity index (χ1n) is 7.24. The Hall–Kier alpha value is -0.780. The van der Waals surface area contributed by atoms with E-state index in [4.69, 9.17) is 11.6 Å². The normalized spacial score (nSPS) is 18.8. The average molecular weight is 331 g/mol. The van der Waals surface area contributed by atoms with Gasteiger partial charge in [-0.15, -0.1) is 11.6 Å². The Kier molecular flexibility index (Phi) is 5.17. The van der Waals surface area contributed by atoms with Crippen LogP contribution in [0.4, 0.5) is 5.69 Å². The molecule has 6 heteroatoms. The Morgan fingerprint density at radius 3 is 2.38 bits per heavy atom. The van der Waals surface area contributed by atoms with E-state index in [0.717, 1.165) is 13.1 Å². The highest BCUT2D eigenvalue weighted by molar-refractivity contribution is 7.89. The van der Waals surface area contributed by atoms with Crippen molar-refractivity contribution >= 4 is 27.3 Å². The van der Waals surface area contributed by atoms with Gasteiger partial charge >= 0.3 is 0 Å². The molecule has 1 aliphatic heterocycles. The van der Waals surface area contributed by atoms with Gasteiger partial charge in [0.05, 0.1) is 5.25 Å². The van der Waals surface area contributed by atoms with E-state index in [1.54, 1.807) is 11.2 Å². The SMILES string of the molecule is Cc1cccc(N2CCN(S(=O)(=O)C(C)CCl)CC2)c1C. The predicted molar refractivity (Wildman–Crippen MR) is 88.8 cm³/mol. The van der Waals surface area contributed by atoms with Crippen LogP contribution >= 0.6 is 11.6 Å². The molecule has 0 aliphatic carbocycles. The lowest BCUT2D eigenvalue weighted by molar-refractivity contribution is 0.381. The van der Waals surface area contributed by atoms with Gasteiger partial charge in [0.15, 0.2) is 0 Å². The molecule has 0 N–H and O–H groups in total. The van der Waals surface area contributed by atoms with Gasteiger partial charge in [-0.3, -0.25) is 0 Å². The van der Waals surface area contributed by atoms with Crippen molar-refractivity contribution in [2.45, 2.75) is 26.0 Å². The van der Waals surface area contributed by atoms with E-state index in [9.17, 15) is 8.42 Å². The third-order valence-corrected chi connectivity index (χ3v) is 7.16. The number of piperazine rings is 1. The third kappa shape index (κ3) is 3.35. The molecule has 1 saturated heterocycles. The molecule has 1 aromatic rings. The predicted octanol–water partition coefficient (Wildman–Crippen LogP) is 2.38. The van der Waals surface area contributed by atoms with E-state index in [1.165, 1.54) is 16.8 Å². The number of halogens is 1. The first kappa shape index (κ1) is 16.6. The number of aryl methyl sites for hydroxylation is 1. The number of hydrogen-bond acceptors (Lipinski definition) is 3. The van der Waals surface area contributed by atoms with E-state index in [1.807, 2.05) is 0 Å². The summed E-state index contributed by atoms with van der Waals surface area (Å²) in [6, 6.07) is 6.26. The van der Waals surface area contributed by atoms with Crippen molar-refractivity contribution in [1.29, 1.82) is 0 Å². The van der Waals surface area contributed by atoms with Gasteiger partial charge in [-0.2, -0.15) is 4.31 Å². The van der Waals surface area contributed by atoms with Crippen LogP contribution in [0.25, 0.3) is 0 Å². The minimum Gasteiger partial charge on any atom is -0.369 e. The quantitative estimate of drug-likeness (QED) is 0.796. The fourth-order valence-corrected chi connectivity index (χ4v) is 4.41. The first-order valence-corrected chi connectivity index (χ1v) is 9.27. The highest BCUT2D eigenvalue weighted by Crippen LogP contribution is 2.25. The fourth-order valence-electron chi connectivity index (χ4n) is 2.60. The molecule has 1 aromatic carbocycles. The van der Waals surface area contributed by atoms with Crippen LogP contribution in [0.3, 0.4) is 0 Å². The molecule has 0 aromatic heterocycles. The van der Waals surface area contributed by atoms with Gasteiger partial charge in [0.2, 0.25) is 10.0 Å². The maximum absolute atomic E-state index is 12.3. The maximum atomic E-state index is 12.3. The molecule has 0 saturated carbocycles. The number of sulfonamides is 1. The van der Waals surface area contributed by atoms with Gasteiger partial charge in [-0.05, 0) is 38.0 Å². The Morgan fingerprint density at radius 2 is 1.81 bits per heavy atom. The molecule has 0 bridgehead atoms. The van der Waals surface area contributed by atoms with Crippen LogP contribution in [-0.4, -0.2) is 50.0 Å². The second kappa shape index (κ2) is 6.55. The van der Waals surface area contributed by atoms with Crippen molar-refractivity contribution in [3.05, 3.63) is 29.3 Å². The van der Waals surface area contributed by atoms with Crippen LogP contribution in [0.15, 0.2) is 18.2 Å². The van der Waals surface area contributed by atoms with Crippen LogP contribution in [0.1, 0.15) is 18.1 Å². The number of anilines is 1. The molecule has 0 spiro atoms. The summed E-state index contributed by atoms with van der Waals surface area (Å²) in [5.74, 6) is 0.138. The summed E-state index contributed by atoms with van der Waals surface area (Å²) in [4.78, 5) is 2.26. The van der Waals surface area contributed by atoms with Gasteiger partial charge in [0, 0.05) is 37.7 Å². The molecule has 1 atom stereocenters. The third-order valence-electron chi connectivity index (χ3n) is 4.24. The van der Waals surface area contributed by atoms with Gasteiger partial charge < -0.3 is 4.90 Å². The smallest absolute Gasteiger partial charge is 0.218 e. The lowest BCUT2D eigenvalue weighted by atomic mass is 10.1. The standard InChI is InChI=1S/C15H23ClN2O2S/c1-12-5-4-6-15(14(12)3)17-7-9-18(10-8-17)21(19,20)13(2)11-16/h4-6,13H,7-11H2,1-3H3. The van der Waals surface area contributed by atoms with E-state index in [-0.39, 0.29) is 5.88 Å². The van der Waals surface area contributed by atoms with E-state index >= 15 is 0 Å². The highest BCUT2D eigenvalue weighted by Gasteiger charge is 2.31. The second-order valence-corrected chi connectivity index (χ2v) is 8.27. The van der Waals surface area contributed by atoms with Gasteiger partial charge in [-0.25, -0.2) is 8.42 Å². The lowest BCUT2D eigenvalue weighted by Crippen LogP contribution is -2.51. The van der Waals surface area contributed by atoms with E-state index in [2.05, 4.69) is 36.9 Å². The van der Waals surface area contributed by atoms with Gasteiger partial charge in [0.1, 0.15) is 0 Å². The number of rotatable bonds is 4. The number of alkyl halides is 1. The number of hydrogen-bond donors (Lipinski definition) is 0. The van der Waals surface area contributed by atoms with Crippen molar-refractivity contribution < 1.29 is 8.42 Å². The Balaban J connectivity index is 2.09. The van der Waals surface area contributed by atoms with Crippen molar-refractivity contribution in [1.82, 2.24) is 4.31 Å². The minimum atomic E-state index is -3.26. The monoisotopic (exact) mass is 330 g/mol. The van der Waals surface area contributed by atoms with Crippen LogP contribution < -0.4 is 4.90 Å². The zero-order valence-electron chi connectivity index (χ0n) is 12.8. The minimum absolute atomic E-state index is 0.138. The van der Waals surface area contributed by atoms with Crippen LogP contribution in [-0.2, 0) is 10.0 Å². The first-order chi connectivity index (χ1) is 9.87. The largest absolute Gasteiger partial charge is 0.369 e. The average Bonchev–Trinajstić information content (AvgIpc) is 2.49. The molecular weight excluding hydrogens is 308 g/mol. The van der Waals surface area contributed by atoms with Gasteiger partial charge in [-0.1, -0.05) is 12.1 Å². The molecule has 0 radical (unpaired) electrons. The zero-order chi connectivity index (χ0) is 15.6. The number of benzene rings is 1. The summed E-state index contributed by atoms with van der Waals surface area (Å²) in [7, 11) is -3.26. The van der Waals surface area contributed by atoms with E-state index in [0.29, 0.717) is 13.1 Å². The lowest BCUT2D eigenvalue weighted by Gasteiger charge is -2.37. The van der Waals surface area contributed by atoms with Crippen molar-refractivity contribution in [3.8, 4) is 0 Å². The van der Waals surface area contributed by atoms with Crippen LogP contribution in [0, 0.1) is 13.8 Å². The van der Waals surface area contributed by atoms with Crippen molar-refractivity contribution in [2.75, 3.05) is 37.0 Å². The van der Waals surface area contributed by atoms with E-state index < -0.39 is 15.3 Å². The summed E-state index contributed by atoms with van der Waals surface area (Å²) >= 11 is 5.70. The second-order valence-electron chi connectivity index (χ2n) is 5.61. The molecule has 0 amide bonds. The molecule has 1 aliphatic rings. The molecule has 1 unspecified atom stereocenters. The topological polar surface area (TPSA) is 40.6 Å². The molecule has 21 heavy (non-hydrogen) atoms. The molecule has 2 rings (SSSR count). The van der Waals surface area contributed by atoms with Crippen LogP contribution in [0.5, 0.6) is 0 Å². The fraction of sp³-hybridized carbons (Fsp3) is 0.600. The van der Waals surface area contributed by atoms with Gasteiger partial charge in [0.25, 0.3) is 0 Å². The molecular formula is C15H23ClN2O2S. The summed E-state index contributed by atoms with van der Waals surface area (Å²) in [6.07, 6.45) is 0. The Bertz CT molecular complexity index is 596. The highest BCUT2D eigenvalue weighted by atomic mass is 35.5. The van der Waals surface area contributed by atoms with Crippen molar-refractivity contribution in [3.63, 3.8) is 0 Å². The maximum Gasteiger partial charge on any atom is 0.218 e. The Morgan fingerprint density at radius 1 is 1.19 bits per heavy atom. The number of nitrogens with zero attached hydrogens (tertiary/aromatic N) is 2. The summed E-state index contributed by atoms with van der Waals surface area (Å²) < 4.78 is 26.2. The molecule has 1 fully saturated rings. The Labute approximate surface area is 132 Å². The molecule has 4 nitrogen and oxygen atoms in total. The summed E-state index contributed by atoms with van der Waals surface area (Å²) in [6.45, 7) is 8.37.